The molecule has 1 aliphatic rings. The van der Waals surface area contributed by atoms with Gasteiger partial charge in [0.1, 0.15) is 18.1 Å². The molecule has 2 aromatic rings. The van der Waals surface area contributed by atoms with Crippen LogP contribution in [0, 0.1) is 0 Å². The summed E-state index contributed by atoms with van der Waals surface area (Å²) in [5, 5.41) is 0. The van der Waals surface area contributed by atoms with Crippen LogP contribution >= 0.6 is 0 Å². The number of aliphatic imine (C=N–C) groups is 1. The second-order valence-electron chi connectivity index (χ2n) is 5.21. The van der Waals surface area contributed by atoms with Crippen LogP contribution in [0.25, 0.3) is 6.08 Å². The van der Waals surface area contributed by atoms with Gasteiger partial charge in [0.25, 0.3) is 0 Å². The Bertz CT molecular complexity index is 868. The molecule has 0 spiro atoms. The Labute approximate surface area is 145 Å². The Hall–Kier alpha value is -3.34. The standard InChI is InChI=1S/C20H17NO4/c1-3-11-24-18-10-5-4-7-14(18)13-17-20(22)25-19(21-17)15-8-6-9-16(12-15)23-2/h3-10,12-13H,1,11H2,2H3. The average Bonchev–Trinajstić information content (AvgIpc) is 3.01. The summed E-state index contributed by atoms with van der Waals surface area (Å²) in [7, 11) is 1.58. The van der Waals surface area contributed by atoms with Gasteiger partial charge in [-0.3, -0.25) is 0 Å². The van der Waals surface area contributed by atoms with Gasteiger partial charge in [0.05, 0.1) is 7.11 Å². The summed E-state index contributed by atoms with van der Waals surface area (Å²) in [4.78, 5) is 16.5. The highest BCUT2D eigenvalue weighted by molar-refractivity contribution is 6.13. The lowest BCUT2D eigenvalue weighted by atomic mass is 10.1. The third kappa shape index (κ3) is 3.77. The van der Waals surface area contributed by atoms with Crippen molar-refractivity contribution >= 4 is 17.9 Å². The number of ether oxygens (including phenoxy) is 3. The molecule has 0 saturated carbocycles. The SMILES string of the molecule is C=CCOc1ccccc1C=C1N=C(c2cccc(OC)c2)OC1=O. The normalized spacial score (nSPS) is 14.8. The van der Waals surface area contributed by atoms with Crippen LogP contribution in [0.5, 0.6) is 11.5 Å². The third-order valence-electron chi connectivity index (χ3n) is 3.51. The van der Waals surface area contributed by atoms with Crippen LogP contribution in [0.1, 0.15) is 11.1 Å². The molecule has 0 unspecified atom stereocenters. The molecule has 25 heavy (non-hydrogen) atoms. The molecule has 0 N–H and O–H groups in total. The van der Waals surface area contributed by atoms with Crippen LogP contribution in [-0.2, 0) is 9.53 Å². The van der Waals surface area contributed by atoms with E-state index >= 15 is 0 Å². The molecule has 0 aromatic heterocycles. The largest absolute Gasteiger partial charge is 0.497 e. The molecule has 3 rings (SSSR count). The number of para-hydroxylation sites is 1. The fourth-order valence-electron chi connectivity index (χ4n) is 2.32. The second kappa shape index (κ2) is 7.49. The van der Waals surface area contributed by atoms with E-state index in [0.29, 0.717) is 23.7 Å². The molecule has 0 aliphatic carbocycles. The minimum absolute atomic E-state index is 0.215. The number of cyclic esters (lactones) is 1. The Kier molecular flexibility index (Phi) is 4.95. The summed E-state index contributed by atoms with van der Waals surface area (Å²) in [5.41, 5.74) is 1.63. The van der Waals surface area contributed by atoms with E-state index in [0.717, 1.165) is 5.56 Å². The summed E-state index contributed by atoms with van der Waals surface area (Å²) < 4.78 is 16.1. The maximum absolute atomic E-state index is 12.1. The number of benzene rings is 2. The van der Waals surface area contributed by atoms with Crippen molar-refractivity contribution in [2.24, 2.45) is 4.99 Å². The molecule has 0 bridgehead atoms. The van der Waals surface area contributed by atoms with Crippen molar-refractivity contribution in [1.82, 2.24) is 0 Å². The van der Waals surface area contributed by atoms with Gasteiger partial charge in [-0.2, -0.15) is 0 Å². The fourth-order valence-corrected chi connectivity index (χ4v) is 2.32. The second-order valence-corrected chi connectivity index (χ2v) is 5.21. The number of carbonyl (C=O) groups is 1. The number of nitrogens with zero attached hydrogens (tertiary/aromatic N) is 1. The highest BCUT2D eigenvalue weighted by Gasteiger charge is 2.24. The van der Waals surface area contributed by atoms with Gasteiger partial charge in [-0.15, -0.1) is 0 Å². The lowest BCUT2D eigenvalue weighted by Crippen LogP contribution is -2.05. The van der Waals surface area contributed by atoms with Crippen molar-refractivity contribution < 1.29 is 19.0 Å². The van der Waals surface area contributed by atoms with Crippen molar-refractivity contribution in [1.29, 1.82) is 0 Å². The van der Waals surface area contributed by atoms with E-state index < -0.39 is 5.97 Å². The van der Waals surface area contributed by atoms with Gasteiger partial charge in [-0.1, -0.05) is 36.9 Å². The lowest BCUT2D eigenvalue weighted by Gasteiger charge is -2.06. The molecule has 0 fully saturated rings. The first-order chi connectivity index (χ1) is 12.2. The highest BCUT2D eigenvalue weighted by Crippen LogP contribution is 2.25. The van der Waals surface area contributed by atoms with Gasteiger partial charge >= 0.3 is 5.97 Å². The van der Waals surface area contributed by atoms with Crippen molar-refractivity contribution in [2.45, 2.75) is 0 Å². The van der Waals surface area contributed by atoms with E-state index in [-0.39, 0.29) is 11.6 Å². The zero-order chi connectivity index (χ0) is 17.6. The number of carbonyl (C=O) groups excluding carboxylic acids is 1. The average molecular weight is 335 g/mol. The van der Waals surface area contributed by atoms with Gasteiger partial charge in [0.2, 0.25) is 5.90 Å². The first-order valence-electron chi connectivity index (χ1n) is 7.71. The lowest BCUT2D eigenvalue weighted by molar-refractivity contribution is -0.129. The summed E-state index contributed by atoms with van der Waals surface area (Å²) in [6.45, 7) is 4.01. The molecule has 1 aliphatic heterocycles. The van der Waals surface area contributed by atoms with E-state index in [2.05, 4.69) is 11.6 Å². The summed E-state index contributed by atoms with van der Waals surface area (Å²) in [6.07, 6.45) is 3.31. The topological polar surface area (TPSA) is 57.1 Å². The summed E-state index contributed by atoms with van der Waals surface area (Å²) in [6, 6.07) is 14.6. The van der Waals surface area contributed by atoms with Crippen LogP contribution in [0.3, 0.4) is 0 Å². The first-order valence-corrected chi connectivity index (χ1v) is 7.71. The van der Waals surface area contributed by atoms with Crippen molar-refractivity contribution in [3.8, 4) is 11.5 Å². The van der Waals surface area contributed by atoms with Crippen LogP contribution in [0.4, 0.5) is 0 Å². The van der Waals surface area contributed by atoms with E-state index in [1.165, 1.54) is 0 Å². The minimum Gasteiger partial charge on any atom is -0.497 e. The van der Waals surface area contributed by atoms with E-state index in [9.17, 15) is 4.79 Å². The number of hydrogen-bond donors (Lipinski definition) is 0. The smallest absolute Gasteiger partial charge is 0.363 e. The van der Waals surface area contributed by atoms with E-state index in [1.54, 1.807) is 31.4 Å². The molecule has 126 valence electrons. The van der Waals surface area contributed by atoms with Crippen LogP contribution in [0.2, 0.25) is 0 Å². The number of methoxy groups -OCH3 is 1. The molecule has 0 amide bonds. The number of esters is 1. The molecule has 2 aromatic carbocycles. The zero-order valence-electron chi connectivity index (χ0n) is 13.8. The quantitative estimate of drug-likeness (QED) is 0.460. The fraction of sp³-hybridized carbons (Fsp3) is 0.100. The van der Waals surface area contributed by atoms with E-state index in [1.807, 2.05) is 36.4 Å². The van der Waals surface area contributed by atoms with Crippen molar-refractivity contribution in [2.75, 3.05) is 13.7 Å². The van der Waals surface area contributed by atoms with Gasteiger partial charge in [-0.25, -0.2) is 9.79 Å². The molecule has 0 atom stereocenters. The minimum atomic E-state index is -0.503. The highest BCUT2D eigenvalue weighted by atomic mass is 16.6. The molecule has 5 nitrogen and oxygen atoms in total. The van der Waals surface area contributed by atoms with Gasteiger partial charge in [0.15, 0.2) is 5.70 Å². The zero-order valence-corrected chi connectivity index (χ0v) is 13.8. The van der Waals surface area contributed by atoms with Crippen LogP contribution in [0.15, 0.2) is 71.9 Å². The van der Waals surface area contributed by atoms with Gasteiger partial charge in [-0.05, 0) is 30.3 Å². The maximum atomic E-state index is 12.1. The van der Waals surface area contributed by atoms with Crippen LogP contribution < -0.4 is 9.47 Å². The number of hydrogen-bond acceptors (Lipinski definition) is 5. The molecule has 5 heteroatoms. The predicted octanol–water partition coefficient (Wildman–Crippen LogP) is 3.60. The molecule has 1 heterocycles. The molecule has 0 radical (unpaired) electrons. The van der Waals surface area contributed by atoms with E-state index in [4.69, 9.17) is 14.2 Å². The maximum Gasteiger partial charge on any atom is 0.363 e. The van der Waals surface area contributed by atoms with Crippen LogP contribution in [-0.4, -0.2) is 25.6 Å². The third-order valence-corrected chi connectivity index (χ3v) is 3.51. The Morgan fingerprint density at radius 2 is 2.04 bits per heavy atom. The van der Waals surface area contributed by atoms with Crippen molar-refractivity contribution in [3.63, 3.8) is 0 Å². The number of rotatable bonds is 6. The van der Waals surface area contributed by atoms with Gasteiger partial charge in [0, 0.05) is 11.1 Å². The molecular weight excluding hydrogens is 318 g/mol. The molecular formula is C20H17NO4. The Morgan fingerprint density at radius 1 is 1.20 bits per heavy atom. The Balaban J connectivity index is 1.92. The summed E-state index contributed by atoms with van der Waals surface area (Å²) >= 11 is 0. The van der Waals surface area contributed by atoms with Gasteiger partial charge < -0.3 is 14.2 Å². The predicted molar refractivity (Wildman–Crippen MR) is 95.7 cm³/mol. The first kappa shape index (κ1) is 16.5. The Morgan fingerprint density at radius 3 is 2.84 bits per heavy atom. The summed E-state index contributed by atoms with van der Waals surface area (Å²) in [5.74, 6) is 1.06. The molecule has 0 saturated heterocycles. The monoisotopic (exact) mass is 335 g/mol. The van der Waals surface area contributed by atoms with Crippen molar-refractivity contribution in [3.05, 3.63) is 78.0 Å².